The Morgan fingerprint density at radius 2 is 1.91 bits per heavy atom. The number of sulfonamides is 1. The van der Waals surface area contributed by atoms with Crippen LogP contribution < -0.4 is 10.0 Å². The van der Waals surface area contributed by atoms with E-state index >= 15 is 0 Å². The second kappa shape index (κ2) is 6.95. The summed E-state index contributed by atoms with van der Waals surface area (Å²) in [6.45, 7) is 2.33. The minimum atomic E-state index is -3.27. The van der Waals surface area contributed by atoms with Crippen molar-refractivity contribution in [1.29, 1.82) is 0 Å². The van der Waals surface area contributed by atoms with E-state index in [9.17, 15) is 13.5 Å². The fourth-order valence-electron chi connectivity index (χ4n) is 2.04. The number of benzene rings is 1. The van der Waals surface area contributed by atoms with Crippen LogP contribution in [-0.2, 0) is 10.0 Å². The molecule has 0 amide bonds. The third-order valence-corrected chi connectivity index (χ3v) is 3.81. The van der Waals surface area contributed by atoms with Gasteiger partial charge in [0.25, 0.3) is 0 Å². The molecule has 120 valence electrons. The third-order valence-electron chi connectivity index (χ3n) is 3.20. The van der Waals surface area contributed by atoms with Crippen LogP contribution >= 0.6 is 0 Å². The Bertz CT molecular complexity index is 681. The molecular formula is C15H20N2O4S. The molecule has 0 spiro atoms. The van der Waals surface area contributed by atoms with Gasteiger partial charge in [0.2, 0.25) is 10.0 Å². The zero-order chi connectivity index (χ0) is 16.2. The number of hydrogen-bond acceptors (Lipinski definition) is 5. The molecule has 1 aromatic carbocycles. The van der Waals surface area contributed by atoms with Crippen LogP contribution in [0.3, 0.4) is 0 Å². The van der Waals surface area contributed by atoms with Gasteiger partial charge in [-0.25, -0.2) is 8.42 Å². The summed E-state index contributed by atoms with van der Waals surface area (Å²) in [7, 11) is -3.27. The minimum absolute atomic E-state index is 0.0110. The van der Waals surface area contributed by atoms with Gasteiger partial charge in [0, 0.05) is 18.3 Å². The average Bonchev–Trinajstić information content (AvgIpc) is 2.97. The minimum Gasteiger partial charge on any atom is -0.467 e. The van der Waals surface area contributed by atoms with Gasteiger partial charge in [-0.05, 0) is 36.8 Å². The number of furan rings is 1. The molecule has 2 unspecified atom stereocenters. The second-order valence-corrected chi connectivity index (χ2v) is 6.91. The van der Waals surface area contributed by atoms with Gasteiger partial charge in [-0.1, -0.05) is 12.1 Å². The first-order valence-electron chi connectivity index (χ1n) is 6.88. The number of aliphatic hydroxyl groups is 1. The summed E-state index contributed by atoms with van der Waals surface area (Å²) in [6, 6.07) is 10.6. The van der Waals surface area contributed by atoms with E-state index in [2.05, 4.69) is 10.0 Å². The zero-order valence-corrected chi connectivity index (χ0v) is 13.3. The summed E-state index contributed by atoms with van der Waals surface area (Å²) >= 11 is 0. The Labute approximate surface area is 130 Å². The summed E-state index contributed by atoms with van der Waals surface area (Å²) < 4.78 is 29.9. The molecule has 6 nitrogen and oxygen atoms in total. The molecule has 1 heterocycles. The average molecular weight is 324 g/mol. The highest BCUT2D eigenvalue weighted by Crippen LogP contribution is 2.18. The molecule has 0 fully saturated rings. The maximum atomic E-state index is 11.1. The maximum Gasteiger partial charge on any atom is 0.229 e. The number of rotatable bonds is 7. The van der Waals surface area contributed by atoms with Gasteiger partial charge in [-0.15, -0.1) is 0 Å². The van der Waals surface area contributed by atoms with Crippen LogP contribution in [0.5, 0.6) is 0 Å². The van der Waals surface area contributed by atoms with E-state index in [4.69, 9.17) is 4.42 Å². The Balaban J connectivity index is 1.91. The summed E-state index contributed by atoms with van der Waals surface area (Å²) in [6.07, 6.45) is 1.93. The summed E-state index contributed by atoms with van der Waals surface area (Å²) in [5, 5.41) is 13.1. The van der Waals surface area contributed by atoms with Crippen LogP contribution in [0.25, 0.3) is 0 Å². The van der Waals surface area contributed by atoms with E-state index in [1.165, 1.54) is 6.26 Å². The highest BCUT2D eigenvalue weighted by molar-refractivity contribution is 7.92. The van der Waals surface area contributed by atoms with E-state index in [1.807, 2.05) is 19.1 Å². The number of nitrogens with one attached hydrogen (secondary N) is 2. The van der Waals surface area contributed by atoms with Gasteiger partial charge in [-0.3, -0.25) is 4.72 Å². The topological polar surface area (TPSA) is 91.6 Å². The Kier molecular flexibility index (Phi) is 5.23. The highest BCUT2D eigenvalue weighted by atomic mass is 32.2. The summed E-state index contributed by atoms with van der Waals surface area (Å²) in [5.74, 6) is 0.521. The maximum absolute atomic E-state index is 11.1. The molecule has 0 aliphatic heterocycles. The zero-order valence-electron chi connectivity index (χ0n) is 12.5. The molecule has 22 heavy (non-hydrogen) atoms. The molecule has 3 N–H and O–H groups in total. The fourth-order valence-corrected chi connectivity index (χ4v) is 2.61. The van der Waals surface area contributed by atoms with Crippen LogP contribution in [0.1, 0.15) is 30.4 Å². The predicted octanol–water partition coefficient (Wildman–Crippen LogP) is 2.04. The van der Waals surface area contributed by atoms with Crippen LogP contribution in [0, 0.1) is 0 Å². The van der Waals surface area contributed by atoms with Crippen molar-refractivity contribution in [3.8, 4) is 0 Å². The molecule has 2 rings (SSSR count). The fraction of sp³-hybridized carbons (Fsp3) is 0.333. The molecule has 0 aliphatic carbocycles. The van der Waals surface area contributed by atoms with Gasteiger partial charge in [-0.2, -0.15) is 0 Å². The monoisotopic (exact) mass is 324 g/mol. The SMILES string of the molecule is CC(NCC(O)c1ccco1)c1ccc(NS(C)(=O)=O)cc1. The highest BCUT2D eigenvalue weighted by Gasteiger charge is 2.12. The van der Waals surface area contributed by atoms with Crippen molar-refractivity contribution >= 4 is 15.7 Å². The van der Waals surface area contributed by atoms with E-state index in [0.29, 0.717) is 18.0 Å². The molecule has 0 saturated carbocycles. The molecule has 1 aromatic heterocycles. The van der Waals surface area contributed by atoms with E-state index in [-0.39, 0.29) is 6.04 Å². The van der Waals surface area contributed by atoms with Crippen molar-refractivity contribution < 1.29 is 17.9 Å². The van der Waals surface area contributed by atoms with Gasteiger partial charge >= 0.3 is 0 Å². The molecule has 0 bridgehead atoms. The van der Waals surface area contributed by atoms with E-state index < -0.39 is 16.1 Å². The molecule has 0 saturated heterocycles. The normalized spacial score (nSPS) is 14.5. The quantitative estimate of drug-likeness (QED) is 0.725. The smallest absolute Gasteiger partial charge is 0.229 e. The van der Waals surface area contributed by atoms with Crippen molar-refractivity contribution in [1.82, 2.24) is 5.32 Å². The first-order chi connectivity index (χ1) is 10.3. The first kappa shape index (κ1) is 16.5. The molecule has 0 aliphatic rings. The predicted molar refractivity (Wildman–Crippen MR) is 85.0 cm³/mol. The van der Waals surface area contributed by atoms with Crippen LogP contribution in [0.4, 0.5) is 5.69 Å². The van der Waals surface area contributed by atoms with Crippen molar-refractivity contribution in [3.63, 3.8) is 0 Å². The van der Waals surface area contributed by atoms with Crippen molar-refractivity contribution in [2.24, 2.45) is 0 Å². The second-order valence-electron chi connectivity index (χ2n) is 5.16. The lowest BCUT2D eigenvalue weighted by atomic mass is 10.1. The lowest BCUT2D eigenvalue weighted by Gasteiger charge is -2.17. The van der Waals surface area contributed by atoms with Crippen LogP contribution in [-0.4, -0.2) is 26.3 Å². The molecular weight excluding hydrogens is 304 g/mol. The Morgan fingerprint density at radius 3 is 2.45 bits per heavy atom. The van der Waals surface area contributed by atoms with E-state index in [0.717, 1.165) is 11.8 Å². The number of aliphatic hydroxyl groups excluding tert-OH is 1. The van der Waals surface area contributed by atoms with Crippen molar-refractivity contribution in [2.75, 3.05) is 17.5 Å². The van der Waals surface area contributed by atoms with Crippen LogP contribution in [0.2, 0.25) is 0 Å². The van der Waals surface area contributed by atoms with Gasteiger partial charge in [0.05, 0.1) is 12.5 Å². The number of anilines is 1. The first-order valence-corrected chi connectivity index (χ1v) is 8.77. The van der Waals surface area contributed by atoms with Crippen LogP contribution in [0.15, 0.2) is 47.1 Å². The number of hydrogen-bond donors (Lipinski definition) is 3. The molecule has 0 radical (unpaired) electrons. The standard InChI is InChI=1S/C15H20N2O4S/c1-11(16-10-14(18)15-4-3-9-21-15)12-5-7-13(8-6-12)17-22(2,19)20/h3-9,11,14,16-18H,10H2,1-2H3. The third kappa shape index (κ3) is 4.87. The van der Waals surface area contributed by atoms with E-state index in [1.54, 1.807) is 24.3 Å². The lowest BCUT2D eigenvalue weighted by molar-refractivity contribution is 0.144. The van der Waals surface area contributed by atoms with Gasteiger partial charge in [0.1, 0.15) is 11.9 Å². The largest absolute Gasteiger partial charge is 0.467 e. The molecule has 2 atom stereocenters. The lowest BCUT2D eigenvalue weighted by Crippen LogP contribution is -2.24. The summed E-state index contributed by atoms with van der Waals surface area (Å²) in [4.78, 5) is 0. The Morgan fingerprint density at radius 1 is 1.23 bits per heavy atom. The van der Waals surface area contributed by atoms with Gasteiger partial charge in [0.15, 0.2) is 0 Å². The molecule has 7 heteroatoms. The van der Waals surface area contributed by atoms with Gasteiger partial charge < -0.3 is 14.8 Å². The van der Waals surface area contributed by atoms with Crippen molar-refractivity contribution in [2.45, 2.75) is 19.1 Å². The Hall–Kier alpha value is -1.83. The summed E-state index contributed by atoms with van der Waals surface area (Å²) in [5.41, 5.74) is 1.51. The van der Waals surface area contributed by atoms with Crippen molar-refractivity contribution in [3.05, 3.63) is 54.0 Å². The molecule has 2 aromatic rings.